The monoisotopic (exact) mass is 1150 g/mol. The van der Waals surface area contributed by atoms with Gasteiger partial charge in [-0.15, -0.1) is 0 Å². The molecule has 81 heavy (non-hydrogen) atoms. The van der Waals surface area contributed by atoms with Crippen molar-refractivity contribution in [2.45, 2.75) is 100 Å². The second-order valence-electron chi connectivity index (χ2n) is 19.2. The van der Waals surface area contributed by atoms with E-state index in [1.54, 1.807) is 109 Å². The summed E-state index contributed by atoms with van der Waals surface area (Å²) in [6.45, 7) is 1.40. The molecule has 24 nitrogen and oxygen atoms in total. The molecule has 0 aliphatic carbocycles. The van der Waals surface area contributed by atoms with Gasteiger partial charge in [0.25, 0.3) is 5.91 Å². The van der Waals surface area contributed by atoms with Gasteiger partial charge in [-0.1, -0.05) is 119 Å². The SMILES string of the molecule is C[C@@H](O)[C@@H]1NC(=O)[C@H](CCCCN)NC(=O)[C@H](Cc2c[nH]c3ccccc23)NN(C(=O)N(C)C(=O)c2ccccc2)[C@@H](O)NC(=O)[C@H](Cc2ccccc2)NC(=O)[C@@H](N)CSSC[C@@H](C(=O)O)NC(=O)[C@H](Cc2ccccc2)NC1=O. The van der Waals surface area contributed by atoms with E-state index in [0.29, 0.717) is 43.9 Å². The third-order valence-electron chi connectivity index (χ3n) is 13.0. The maximum absolute atomic E-state index is 15.1. The molecule has 432 valence electrons. The average Bonchev–Trinajstić information content (AvgIpc) is 4.10. The van der Waals surface area contributed by atoms with Crippen molar-refractivity contribution in [2.75, 3.05) is 25.1 Å². The van der Waals surface area contributed by atoms with Crippen LogP contribution in [0.1, 0.15) is 53.2 Å². The fourth-order valence-electron chi connectivity index (χ4n) is 8.54. The summed E-state index contributed by atoms with van der Waals surface area (Å²) in [6, 6.07) is 19.6. The molecular weight excluding hydrogens is 1080 g/mol. The summed E-state index contributed by atoms with van der Waals surface area (Å²) in [7, 11) is 3.06. The van der Waals surface area contributed by atoms with Crippen LogP contribution in [-0.4, -0.2) is 163 Å². The van der Waals surface area contributed by atoms with Crippen LogP contribution >= 0.6 is 21.6 Å². The number of aliphatic hydroxyl groups is 2. The molecule has 0 bridgehead atoms. The lowest BCUT2D eigenvalue weighted by atomic mass is 10.0. The zero-order valence-corrected chi connectivity index (χ0v) is 46.1. The van der Waals surface area contributed by atoms with Gasteiger partial charge < -0.3 is 63.7 Å². The summed E-state index contributed by atoms with van der Waals surface area (Å²) in [5.41, 5.74) is 17.2. The first-order valence-corrected chi connectivity index (χ1v) is 28.5. The van der Waals surface area contributed by atoms with Crippen LogP contribution in [0.5, 0.6) is 0 Å². The van der Waals surface area contributed by atoms with Crippen LogP contribution in [0.15, 0.2) is 121 Å². The second kappa shape index (κ2) is 30.7. The number of amides is 9. The minimum atomic E-state index is -2.41. The van der Waals surface area contributed by atoms with Crippen LogP contribution in [0.25, 0.3) is 10.9 Å². The summed E-state index contributed by atoms with van der Waals surface area (Å²) in [5.74, 6) is -8.50. The highest BCUT2D eigenvalue weighted by Crippen LogP contribution is 2.24. The Kier molecular flexibility index (Phi) is 23.6. The number of nitrogens with one attached hydrogen (secondary N) is 8. The van der Waals surface area contributed by atoms with Crippen molar-refractivity contribution in [1.29, 1.82) is 0 Å². The maximum atomic E-state index is 15.1. The lowest BCUT2D eigenvalue weighted by molar-refractivity contribution is -0.141. The second-order valence-corrected chi connectivity index (χ2v) is 21.7. The first kappa shape index (κ1) is 62.3. The Morgan fingerprint density at radius 1 is 0.654 bits per heavy atom. The summed E-state index contributed by atoms with van der Waals surface area (Å²) in [5, 5.41) is 49.7. The molecule has 1 fully saturated rings. The van der Waals surface area contributed by atoms with Crippen LogP contribution < -0.4 is 48.8 Å². The number of hydrogen-bond acceptors (Lipinski definition) is 16. The van der Waals surface area contributed by atoms with E-state index in [4.69, 9.17) is 11.5 Å². The predicted octanol–water partition coefficient (Wildman–Crippen LogP) is 0.396. The molecule has 0 saturated carbocycles. The number of H-pyrrole nitrogens is 1. The van der Waals surface area contributed by atoms with Gasteiger partial charge >= 0.3 is 12.0 Å². The van der Waals surface area contributed by atoms with Crippen molar-refractivity contribution in [3.05, 3.63) is 144 Å². The lowest BCUT2D eigenvalue weighted by Crippen LogP contribution is -2.67. The van der Waals surface area contributed by atoms with Crippen molar-refractivity contribution in [3.63, 3.8) is 0 Å². The number of imide groups is 1. The average molecular weight is 1150 g/mol. The fraction of sp³-hybridized carbons (Fsp3) is 0.364. The largest absolute Gasteiger partial charge is 0.480 e. The van der Waals surface area contributed by atoms with Crippen LogP contribution in [-0.2, 0) is 52.8 Å². The van der Waals surface area contributed by atoms with Gasteiger partial charge in [0, 0.05) is 60.5 Å². The van der Waals surface area contributed by atoms with E-state index in [-0.39, 0.29) is 55.7 Å². The number of aromatic amines is 1. The van der Waals surface area contributed by atoms with Crippen LogP contribution in [0.3, 0.4) is 0 Å². The molecular formula is C55H68N12O12S2. The fourth-order valence-corrected chi connectivity index (χ4v) is 10.8. The molecule has 0 spiro atoms. The zero-order chi connectivity index (χ0) is 58.6. The van der Waals surface area contributed by atoms with Gasteiger partial charge in [-0.2, -0.15) is 0 Å². The molecule has 9 atom stereocenters. The number of nitrogens with two attached hydrogens (primary N) is 2. The minimum absolute atomic E-state index is 0.0582. The van der Waals surface area contributed by atoms with Crippen LogP contribution in [0.2, 0.25) is 0 Å². The Morgan fingerprint density at radius 3 is 1.79 bits per heavy atom. The van der Waals surface area contributed by atoms with E-state index in [0.717, 1.165) is 28.6 Å². The molecule has 9 amide bonds. The van der Waals surface area contributed by atoms with E-state index in [1.807, 2.05) is 0 Å². The van der Waals surface area contributed by atoms with E-state index in [1.165, 1.54) is 19.1 Å². The van der Waals surface area contributed by atoms with Crippen molar-refractivity contribution in [2.24, 2.45) is 11.5 Å². The highest BCUT2D eigenvalue weighted by atomic mass is 33.1. The number of benzene rings is 4. The summed E-state index contributed by atoms with van der Waals surface area (Å²) < 4.78 is 0. The summed E-state index contributed by atoms with van der Waals surface area (Å²) in [6.07, 6.45) is -2.53. The van der Waals surface area contributed by atoms with E-state index >= 15 is 4.79 Å². The molecule has 15 N–H and O–H groups in total. The molecule has 1 aromatic heterocycles. The Balaban J connectivity index is 1.44. The number of carbonyl (C=O) groups excluding carboxylic acids is 8. The van der Waals surface area contributed by atoms with Gasteiger partial charge in [-0.3, -0.25) is 38.5 Å². The summed E-state index contributed by atoms with van der Waals surface area (Å²) in [4.78, 5) is 131. The highest BCUT2D eigenvalue weighted by molar-refractivity contribution is 8.76. The molecule has 4 aromatic carbocycles. The number of carbonyl (C=O) groups is 9. The van der Waals surface area contributed by atoms with Gasteiger partial charge in [0.15, 0.2) is 0 Å². The van der Waals surface area contributed by atoms with E-state index in [9.17, 15) is 53.7 Å². The molecule has 26 heteroatoms. The number of aliphatic hydroxyl groups excluding tert-OH is 2. The zero-order valence-electron chi connectivity index (χ0n) is 44.5. The first-order valence-electron chi connectivity index (χ1n) is 26.0. The Bertz CT molecular complexity index is 2960. The van der Waals surface area contributed by atoms with Crippen molar-refractivity contribution in [3.8, 4) is 0 Å². The molecule has 1 aliphatic heterocycles. The summed E-state index contributed by atoms with van der Waals surface area (Å²) >= 11 is 0. The number of fused-ring (bicyclic) bond motifs is 1. The molecule has 5 aromatic rings. The molecule has 1 saturated heterocycles. The lowest BCUT2D eigenvalue weighted by Gasteiger charge is -2.35. The standard InChI is InChI=1S/C55H68N12O12S2/c1-32(68)45-51(74)61-41(26-33-16-6-3-7-17-33)48(71)62-44(53(76)77)31-81-80-30-38(57)46(69)60-42(27-34-18-8-4-9-19-34)49(72)64-54(78)67(55(79)66(2)52(75)35-20-10-5-11-21-35)65-43(28-36-29-58-39-23-13-12-22-37(36)39)50(73)59-40(47(70)63-45)24-14-15-25-56/h3-13,16-23,29,32,38,40-45,54,58,65,68,78H,14-15,24-28,30-31,56-57H2,1-2H3,(H,59,73)(H,60,69)(H,61,74)(H,62,71)(H,63,70)(H,64,72)(H,76,77)/t32-,38+,40+,41+,42+,43+,44+,45+,54+/m1/s1. The number of hydrogen-bond donors (Lipinski definition) is 13. The number of hydrazine groups is 1. The quantitative estimate of drug-likeness (QED) is 0.0560. The number of aromatic nitrogens is 1. The van der Waals surface area contributed by atoms with Crippen LogP contribution in [0.4, 0.5) is 4.79 Å². The molecule has 6 rings (SSSR count). The Hall–Kier alpha value is -7.85. The Morgan fingerprint density at radius 2 is 1.19 bits per heavy atom. The number of nitrogens with zero attached hydrogens (tertiary/aromatic N) is 2. The molecule has 2 heterocycles. The van der Waals surface area contributed by atoms with Crippen LogP contribution in [0, 0.1) is 0 Å². The van der Waals surface area contributed by atoms with Gasteiger partial charge in [-0.05, 0) is 67.6 Å². The minimum Gasteiger partial charge on any atom is -0.480 e. The predicted molar refractivity (Wildman–Crippen MR) is 304 cm³/mol. The van der Waals surface area contributed by atoms with Crippen molar-refractivity contribution in [1.82, 2.24) is 52.2 Å². The third kappa shape index (κ3) is 18.1. The van der Waals surface area contributed by atoms with E-state index in [2.05, 4.69) is 42.3 Å². The van der Waals surface area contributed by atoms with Gasteiger partial charge in [0.1, 0.15) is 36.3 Å². The highest BCUT2D eigenvalue weighted by Gasteiger charge is 2.38. The van der Waals surface area contributed by atoms with Crippen molar-refractivity contribution >= 4 is 85.8 Å². The third-order valence-corrected chi connectivity index (χ3v) is 15.5. The number of para-hydroxylation sites is 1. The number of carboxylic acid groups (broad SMARTS) is 1. The topological polar surface area (TPSA) is 373 Å². The molecule has 1 aliphatic rings. The first-order chi connectivity index (χ1) is 38.8. The molecule has 0 unspecified atom stereocenters. The van der Waals surface area contributed by atoms with Crippen molar-refractivity contribution < 1.29 is 58.5 Å². The van der Waals surface area contributed by atoms with Gasteiger partial charge in [0.05, 0.1) is 12.1 Å². The number of unbranched alkanes of at least 4 members (excludes halogenated alkanes) is 1. The number of aliphatic carboxylic acids is 1. The smallest absolute Gasteiger partial charge is 0.344 e. The van der Waals surface area contributed by atoms with E-state index < -0.39 is 108 Å². The number of rotatable bonds is 13. The van der Waals surface area contributed by atoms with Gasteiger partial charge in [0.2, 0.25) is 41.8 Å². The van der Waals surface area contributed by atoms with Gasteiger partial charge in [-0.25, -0.2) is 20.0 Å². The molecule has 0 radical (unpaired) electrons. The normalized spacial score (nSPS) is 22.9. The number of carboxylic acids is 1. The Labute approximate surface area is 475 Å². The number of urea groups is 1. The maximum Gasteiger partial charge on any atom is 0.344 e.